The van der Waals surface area contributed by atoms with Gasteiger partial charge in [0.15, 0.2) is 0 Å². The summed E-state index contributed by atoms with van der Waals surface area (Å²) in [6.45, 7) is 4.69. The second kappa shape index (κ2) is 11.3. The van der Waals surface area contributed by atoms with Crippen molar-refractivity contribution in [3.63, 3.8) is 0 Å². The minimum Gasteiger partial charge on any atom is -0.456 e. The van der Waals surface area contributed by atoms with Gasteiger partial charge in [0.1, 0.15) is 11.2 Å². The maximum absolute atomic E-state index is 6.42. The average molecular weight is 654 g/mol. The third kappa shape index (κ3) is 4.64. The summed E-state index contributed by atoms with van der Waals surface area (Å²) in [6, 6.07) is 63.6. The SMILES string of the molecule is CC1(C)c2ccccc2-c2c(N(c3ccc(-c4ccccc4)cc3)c3ccc(-c4cccc5oc6cc7ccccc7cc6c45)cc3)cccc21. The number of rotatable bonds is 5. The molecule has 0 unspecified atom stereocenters. The van der Waals surface area contributed by atoms with E-state index < -0.39 is 0 Å². The summed E-state index contributed by atoms with van der Waals surface area (Å²) in [5.74, 6) is 0. The Hall–Kier alpha value is -6.38. The Morgan fingerprint density at radius 2 is 1.04 bits per heavy atom. The predicted molar refractivity (Wildman–Crippen MR) is 214 cm³/mol. The molecule has 0 bridgehead atoms. The fourth-order valence-electron chi connectivity index (χ4n) is 8.32. The molecule has 0 saturated heterocycles. The van der Waals surface area contributed by atoms with E-state index in [2.05, 4.69) is 195 Å². The Morgan fingerprint density at radius 3 is 1.80 bits per heavy atom. The number of hydrogen-bond donors (Lipinski definition) is 0. The van der Waals surface area contributed by atoms with E-state index in [1.807, 2.05) is 0 Å². The van der Waals surface area contributed by atoms with Gasteiger partial charge in [-0.15, -0.1) is 0 Å². The molecule has 0 fully saturated rings. The highest BCUT2D eigenvalue weighted by atomic mass is 16.3. The van der Waals surface area contributed by atoms with E-state index in [0.29, 0.717) is 0 Å². The van der Waals surface area contributed by atoms with Gasteiger partial charge in [0, 0.05) is 33.1 Å². The van der Waals surface area contributed by atoms with E-state index in [9.17, 15) is 0 Å². The average Bonchev–Trinajstić information content (AvgIpc) is 3.66. The first-order chi connectivity index (χ1) is 25.0. The van der Waals surface area contributed by atoms with E-state index in [0.717, 1.165) is 38.9 Å². The third-order valence-corrected chi connectivity index (χ3v) is 10.9. The van der Waals surface area contributed by atoms with Gasteiger partial charge in [-0.25, -0.2) is 0 Å². The molecule has 2 heteroatoms. The summed E-state index contributed by atoms with van der Waals surface area (Å²) < 4.78 is 6.42. The van der Waals surface area contributed by atoms with Crippen LogP contribution >= 0.6 is 0 Å². The van der Waals surface area contributed by atoms with E-state index in [1.54, 1.807) is 0 Å². The van der Waals surface area contributed by atoms with Crippen molar-refractivity contribution < 1.29 is 4.42 Å². The molecule has 0 N–H and O–H groups in total. The molecule has 10 rings (SSSR count). The van der Waals surface area contributed by atoms with Gasteiger partial charge < -0.3 is 9.32 Å². The minimum atomic E-state index is -0.0913. The molecule has 0 radical (unpaired) electrons. The molecular formula is C49H35NO. The lowest BCUT2D eigenvalue weighted by atomic mass is 9.82. The van der Waals surface area contributed by atoms with Crippen molar-refractivity contribution in [1.29, 1.82) is 0 Å². The molecule has 242 valence electrons. The zero-order valence-corrected chi connectivity index (χ0v) is 28.6. The predicted octanol–water partition coefficient (Wildman–Crippen LogP) is 13.8. The quantitative estimate of drug-likeness (QED) is 0.184. The highest BCUT2D eigenvalue weighted by molar-refractivity contribution is 6.15. The van der Waals surface area contributed by atoms with Crippen LogP contribution < -0.4 is 4.90 Å². The summed E-state index contributed by atoms with van der Waals surface area (Å²) in [5.41, 5.74) is 15.2. The van der Waals surface area contributed by atoms with Crippen LogP contribution in [0.4, 0.5) is 17.1 Å². The Morgan fingerprint density at radius 1 is 0.451 bits per heavy atom. The van der Waals surface area contributed by atoms with E-state index >= 15 is 0 Å². The monoisotopic (exact) mass is 653 g/mol. The molecule has 51 heavy (non-hydrogen) atoms. The van der Waals surface area contributed by atoms with Crippen molar-refractivity contribution in [1.82, 2.24) is 0 Å². The van der Waals surface area contributed by atoms with Crippen molar-refractivity contribution >= 4 is 49.8 Å². The molecule has 1 aromatic heterocycles. The molecule has 0 atom stereocenters. The number of benzene rings is 8. The Labute approximate surface area is 297 Å². The van der Waals surface area contributed by atoms with Crippen molar-refractivity contribution in [2.75, 3.05) is 4.90 Å². The molecule has 8 aromatic carbocycles. The molecule has 1 aliphatic rings. The normalized spacial score (nSPS) is 13.1. The van der Waals surface area contributed by atoms with Crippen LogP contribution in [-0.2, 0) is 5.41 Å². The molecule has 0 spiro atoms. The summed E-state index contributed by atoms with van der Waals surface area (Å²) in [7, 11) is 0. The van der Waals surface area contributed by atoms with Crippen LogP contribution in [0.15, 0.2) is 180 Å². The molecule has 2 nitrogen and oxygen atoms in total. The van der Waals surface area contributed by atoms with Crippen LogP contribution in [0.1, 0.15) is 25.0 Å². The van der Waals surface area contributed by atoms with Gasteiger partial charge in [0.25, 0.3) is 0 Å². The van der Waals surface area contributed by atoms with Crippen molar-refractivity contribution in [3.8, 4) is 33.4 Å². The van der Waals surface area contributed by atoms with Gasteiger partial charge in [-0.05, 0) is 98.2 Å². The van der Waals surface area contributed by atoms with E-state index in [4.69, 9.17) is 4.42 Å². The lowest BCUT2D eigenvalue weighted by Crippen LogP contribution is -2.16. The smallest absolute Gasteiger partial charge is 0.136 e. The molecule has 1 aliphatic carbocycles. The maximum atomic E-state index is 6.42. The number of fused-ring (bicyclic) bond motifs is 7. The zero-order valence-electron chi connectivity index (χ0n) is 28.6. The number of nitrogens with zero attached hydrogens (tertiary/aromatic N) is 1. The van der Waals surface area contributed by atoms with Crippen LogP contribution in [0.5, 0.6) is 0 Å². The lowest BCUT2D eigenvalue weighted by molar-refractivity contribution is 0.660. The first-order valence-electron chi connectivity index (χ1n) is 17.7. The summed E-state index contributed by atoms with van der Waals surface area (Å²) in [5, 5.41) is 4.70. The summed E-state index contributed by atoms with van der Waals surface area (Å²) in [4.78, 5) is 2.43. The van der Waals surface area contributed by atoms with Crippen LogP contribution in [0.3, 0.4) is 0 Å². The van der Waals surface area contributed by atoms with E-state index in [1.165, 1.54) is 55.4 Å². The van der Waals surface area contributed by atoms with Crippen LogP contribution in [0.2, 0.25) is 0 Å². The summed E-state index contributed by atoms with van der Waals surface area (Å²) >= 11 is 0. The molecule has 9 aromatic rings. The standard InChI is InChI=1S/C49H35NO/c1-49(2)42-18-9-8-16-40(42)48-43(49)19-11-20-44(48)50(37-26-22-33(23-27-37)32-12-4-3-5-13-32)38-28-24-34(25-29-38)39-17-10-21-45-47(39)41-30-35-14-6-7-15-36(35)31-46(41)51-45/h3-31H,1-2H3. The number of anilines is 3. The van der Waals surface area contributed by atoms with Gasteiger partial charge in [0.05, 0.1) is 5.69 Å². The lowest BCUT2D eigenvalue weighted by Gasteiger charge is -2.29. The highest BCUT2D eigenvalue weighted by Gasteiger charge is 2.37. The third-order valence-electron chi connectivity index (χ3n) is 10.9. The number of hydrogen-bond acceptors (Lipinski definition) is 2. The van der Waals surface area contributed by atoms with Gasteiger partial charge in [-0.1, -0.05) is 141 Å². The van der Waals surface area contributed by atoms with Crippen LogP contribution in [0.25, 0.3) is 66.1 Å². The first-order valence-corrected chi connectivity index (χ1v) is 17.7. The van der Waals surface area contributed by atoms with Crippen molar-refractivity contribution in [2.45, 2.75) is 19.3 Å². The highest BCUT2D eigenvalue weighted by Crippen LogP contribution is 2.54. The number of furan rings is 1. The van der Waals surface area contributed by atoms with Gasteiger partial charge >= 0.3 is 0 Å². The minimum absolute atomic E-state index is 0.0913. The van der Waals surface area contributed by atoms with Crippen molar-refractivity contribution in [2.24, 2.45) is 0 Å². The molecule has 0 amide bonds. The second-order valence-corrected chi connectivity index (χ2v) is 14.1. The Bertz CT molecular complexity index is 2750. The molecule has 0 aliphatic heterocycles. The topological polar surface area (TPSA) is 16.4 Å². The largest absolute Gasteiger partial charge is 0.456 e. The zero-order chi connectivity index (χ0) is 34.1. The van der Waals surface area contributed by atoms with Crippen LogP contribution in [-0.4, -0.2) is 0 Å². The Kier molecular flexibility index (Phi) is 6.56. The first kappa shape index (κ1) is 29.5. The van der Waals surface area contributed by atoms with Gasteiger partial charge in [-0.3, -0.25) is 0 Å². The van der Waals surface area contributed by atoms with Gasteiger partial charge in [-0.2, -0.15) is 0 Å². The van der Waals surface area contributed by atoms with Gasteiger partial charge in [0.2, 0.25) is 0 Å². The van der Waals surface area contributed by atoms with E-state index in [-0.39, 0.29) is 5.41 Å². The van der Waals surface area contributed by atoms with Crippen LogP contribution in [0, 0.1) is 0 Å². The Balaban J connectivity index is 1.14. The maximum Gasteiger partial charge on any atom is 0.136 e. The molecule has 1 heterocycles. The second-order valence-electron chi connectivity index (χ2n) is 14.1. The van der Waals surface area contributed by atoms with Crippen molar-refractivity contribution in [3.05, 3.63) is 187 Å². The fourth-order valence-corrected chi connectivity index (χ4v) is 8.32. The summed E-state index contributed by atoms with van der Waals surface area (Å²) in [6.07, 6.45) is 0. The molecular weight excluding hydrogens is 619 g/mol. The fraction of sp³-hybridized carbons (Fsp3) is 0.0612. The molecule has 0 saturated carbocycles.